The molecule has 2 N–H and O–H groups in total. The van der Waals surface area contributed by atoms with Gasteiger partial charge in [-0.15, -0.1) is 0 Å². The first kappa shape index (κ1) is 17.6. The molecule has 4 rings (SSSR count). The predicted octanol–water partition coefficient (Wildman–Crippen LogP) is 1.30. The minimum atomic E-state index is -0.977. The summed E-state index contributed by atoms with van der Waals surface area (Å²) >= 11 is 0. The van der Waals surface area contributed by atoms with Crippen LogP contribution in [0.25, 0.3) is 0 Å². The first-order valence-electron chi connectivity index (χ1n) is 8.75. The molecule has 7 nitrogen and oxygen atoms in total. The highest BCUT2D eigenvalue weighted by molar-refractivity contribution is 5.95. The Balaban J connectivity index is 2.00. The van der Waals surface area contributed by atoms with Crippen LogP contribution >= 0.6 is 0 Å². The van der Waals surface area contributed by atoms with Crippen LogP contribution in [-0.4, -0.2) is 39.1 Å². The topological polar surface area (TPSA) is 95.4 Å². The van der Waals surface area contributed by atoms with Gasteiger partial charge in [0.05, 0.1) is 6.04 Å². The number of aromatic hydroxyl groups is 1. The normalized spacial score (nSPS) is 16.0. The lowest BCUT2D eigenvalue weighted by Gasteiger charge is -2.37. The average Bonchev–Trinajstić information content (AvgIpc) is 2.70. The number of aromatic amines is 1. The molecule has 0 aliphatic carbocycles. The number of carbonyl (C=O) groups is 1. The summed E-state index contributed by atoms with van der Waals surface area (Å²) in [6.07, 6.45) is 0. The number of nitrogens with one attached hydrogen (secondary N) is 1. The lowest BCUT2D eigenvalue weighted by Crippen LogP contribution is -2.49. The Kier molecular flexibility index (Phi) is 4.24. The Morgan fingerprint density at radius 3 is 2.57 bits per heavy atom. The van der Waals surface area contributed by atoms with E-state index in [1.165, 1.54) is 9.47 Å². The van der Waals surface area contributed by atoms with Crippen molar-refractivity contribution in [1.82, 2.24) is 14.5 Å². The van der Waals surface area contributed by atoms with Crippen molar-refractivity contribution in [3.8, 4) is 5.75 Å². The number of benzene rings is 1. The minimum Gasteiger partial charge on any atom is -0.501 e. The molecule has 1 amide bonds. The largest absolute Gasteiger partial charge is 0.501 e. The summed E-state index contributed by atoms with van der Waals surface area (Å²) in [5.41, 5.74) is -0.312. The molecule has 0 radical (unpaired) electrons. The number of likely N-dealkylation sites (N-methyl/N-ethyl adjacent to an activating group) is 1. The number of fused-ring (bicyclic) bond motifs is 1. The van der Waals surface area contributed by atoms with E-state index in [-0.39, 0.29) is 18.2 Å². The Hall–Kier alpha value is -3.79. The molecule has 1 aromatic heterocycles. The summed E-state index contributed by atoms with van der Waals surface area (Å²) in [5, 5.41) is 10.2. The highest BCUT2D eigenvalue weighted by Gasteiger charge is 2.39. The second kappa shape index (κ2) is 6.74. The molecule has 28 heavy (non-hydrogen) atoms. The van der Waals surface area contributed by atoms with Gasteiger partial charge in [0.2, 0.25) is 5.75 Å². The predicted molar refractivity (Wildman–Crippen MR) is 101 cm³/mol. The first-order valence-corrected chi connectivity index (χ1v) is 8.75. The molecule has 3 aromatic rings. The molecule has 1 unspecified atom stereocenters. The van der Waals surface area contributed by atoms with Crippen molar-refractivity contribution in [1.29, 1.82) is 0 Å². The van der Waals surface area contributed by atoms with Crippen LogP contribution in [0.5, 0.6) is 5.75 Å². The van der Waals surface area contributed by atoms with Crippen molar-refractivity contribution in [2.45, 2.75) is 12.0 Å². The smallest absolute Gasteiger partial charge is 0.329 e. The number of carbonyl (C=O) groups excluding carboxylic acids is 1. The van der Waals surface area contributed by atoms with Gasteiger partial charge in [0.25, 0.3) is 11.5 Å². The van der Waals surface area contributed by atoms with E-state index >= 15 is 0 Å². The van der Waals surface area contributed by atoms with E-state index in [9.17, 15) is 19.5 Å². The van der Waals surface area contributed by atoms with Crippen molar-refractivity contribution >= 4 is 5.91 Å². The molecule has 2 heterocycles. The maximum absolute atomic E-state index is 12.7. The van der Waals surface area contributed by atoms with Gasteiger partial charge in [-0.25, -0.2) is 4.79 Å². The van der Waals surface area contributed by atoms with Gasteiger partial charge in [0.1, 0.15) is 0 Å². The SMILES string of the molecule is CN1C[C@H](C(c2c#cccc2)c2ccccc2)n2c(c(O)c(=O)[nH]c2=O)C1=O. The third-order valence-electron chi connectivity index (χ3n) is 5.01. The van der Waals surface area contributed by atoms with Crippen molar-refractivity contribution < 1.29 is 9.90 Å². The number of hydrogen-bond acceptors (Lipinski definition) is 4. The third-order valence-corrected chi connectivity index (χ3v) is 5.01. The third kappa shape index (κ3) is 2.76. The molecule has 1 aliphatic rings. The number of rotatable bonds is 3. The van der Waals surface area contributed by atoms with Gasteiger partial charge in [-0.2, -0.15) is 0 Å². The van der Waals surface area contributed by atoms with E-state index in [2.05, 4.69) is 17.1 Å². The van der Waals surface area contributed by atoms with E-state index in [4.69, 9.17) is 0 Å². The van der Waals surface area contributed by atoms with Crippen LogP contribution in [0.2, 0.25) is 0 Å². The summed E-state index contributed by atoms with van der Waals surface area (Å²) in [6.45, 7) is 0.222. The highest BCUT2D eigenvalue weighted by atomic mass is 16.3. The number of nitrogens with zero attached hydrogens (tertiary/aromatic N) is 2. The fourth-order valence-electron chi connectivity index (χ4n) is 3.76. The molecule has 2 atom stereocenters. The van der Waals surface area contributed by atoms with E-state index in [1.807, 2.05) is 42.5 Å². The Labute approximate surface area is 160 Å². The van der Waals surface area contributed by atoms with Gasteiger partial charge < -0.3 is 10.0 Å². The molecule has 0 bridgehead atoms. The summed E-state index contributed by atoms with van der Waals surface area (Å²) in [5.74, 6) is -1.68. The zero-order valence-corrected chi connectivity index (χ0v) is 15.0. The van der Waals surface area contributed by atoms with Gasteiger partial charge in [-0.05, 0) is 17.7 Å². The van der Waals surface area contributed by atoms with Gasteiger partial charge in [-0.1, -0.05) is 48.5 Å². The summed E-state index contributed by atoms with van der Waals surface area (Å²) in [4.78, 5) is 40.7. The quantitative estimate of drug-likeness (QED) is 0.721. The molecule has 0 saturated carbocycles. The van der Waals surface area contributed by atoms with Gasteiger partial charge in [0, 0.05) is 25.1 Å². The number of aromatic nitrogens is 2. The molecule has 1 aliphatic heterocycles. The molecule has 0 spiro atoms. The maximum atomic E-state index is 12.7. The molecule has 140 valence electrons. The summed E-state index contributed by atoms with van der Waals surface area (Å²) in [6, 6.07) is 20.4. The van der Waals surface area contributed by atoms with Crippen LogP contribution in [0, 0.1) is 12.1 Å². The van der Waals surface area contributed by atoms with Crippen LogP contribution in [0.15, 0.2) is 58.1 Å². The van der Waals surface area contributed by atoms with E-state index in [0.29, 0.717) is 0 Å². The van der Waals surface area contributed by atoms with Crippen molar-refractivity contribution in [3.05, 3.63) is 98.3 Å². The standard InChI is InChI=1S/C21H17N3O4/c1-23-12-15(24-17(20(23)27)18(25)19(26)22-21(24)28)16(13-8-4-2-5-9-13)14-10-6-3-7-11-14/h2-6,8-10,15-16,25H,12H2,1H3,(H,22,26,28)/t15-,16?/m1/s1. The fourth-order valence-corrected chi connectivity index (χ4v) is 3.76. The minimum absolute atomic E-state index is 0.222. The zero-order valence-electron chi connectivity index (χ0n) is 15.0. The van der Waals surface area contributed by atoms with Gasteiger partial charge >= 0.3 is 5.69 Å². The molecule has 7 heteroatoms. The molecule has 0 fully saturated rings. The molecule has 2 aromatic carbocycles. The van der Waals surface area contributed by atoms with Crippen molar-refractivity contribution in [3.63, 3.8) is 0 Å². The molecular weight excluding hydrogens is 358 g/mol. The monoisotopic (exact) mass is 375 g/mol. The molecular formula is C21H17N3O4. The van der Waals surface area contributed by atoms with Crippen molar-refractivity contribution in [2.24, 2.45) is 0 Å². The molecule has 0 saturated heterocycles. The fraction of sp³-hybridized carbons (Fsp3) is 0.190. The van der Waals surface area contributed by atoms with Crippen LogP contribution in [0.1, 0.15) is 33.6 Å². The lowest BCUT2D eigenvalue weighted by molar-refractivity contribution is 0.0695. The van der Waals surface area contributed by atoms with Gasteiger partial charge in [-0.3, -0.25) is 19.1 Å². The lowest BCUT2D eigenvalue weighted by atomic mass is 9.84. The maximum Gasteiger partial charge on any atom is 0.329 e. The van der Waals surface area contributed by atoms with E-state index in [0.717, 1.165) is 11.1 Å². The highest BCUT2D eigenvalue weighted by Crippen LogP contribution is 2.37. The summed E-state index contributed by atoms with van der Waals surface area (Å²) in [7, 11) is 1.58. The average molecular weight is 375 g/mol. The van der Waals surface area contributed by atoms with Crippen molar-refractivity contribution in [2.75, 3.05) is 13.6 Å². The zero-order chi connectivity index (χ0) is 19.8. The first-order chi connectivity index (χ1) is 13.5. The van der Waals surface area contributed by atoms with Crippen LogP contribution in [0.4, 0.5) is 0 Å². The van der Waals surface area contributed by atoms with E-state index in [1.54, 1.807) is 13.1 Å². The second-order valence-corrected chi connectivity index (χ2v) is 6.72. The van der Waals surface area contributed by atoms with Crippen LogP contribution in [0.3, 0.4) is 0 Å². The van der Waals surface area contributed by atoms with E-state index < -0.39 is 28.9 Å². The van der Waals surface area contributed by atoms with Crippen LogP contribution in [-0.2, 0) is 0 Å². The second-order valence-electron chi connectivity index (χ2n) is 6.72. The number of hydrogen-bond donors (Lipinski definition) is 2. The van der Waals surface area contributed by atoms with Crippen LogP contribution < -0.4 is 11.2 Å². The Morgan fingerprint density at radius 2 is 1.89 bits per heavy atom. The van der Waals surface area contributed by atoms with Gasteiger partial charge in [0.15, 0.2) is 5.69 Å². The summed E-state index contributed by atoms with van der Waals surface area (Å²) < 4.78 is 1.19. The Bertz CT molecular complexity index is 1100. The Morgan fingerprint density at radius 1 is 1.14 bits per heavy atom. The number of H-pyrrole nitrogens is 1. The number of amides is 1.